The Morgan fingerprint density at radius 1 is 1.10 bits per heavy atom. The predicted molar refractivity (Wildman–Crippen MR) is 116 cm³/mol. The van der Waals surface area contributed by atoms with Crippen LogP contribution in [0.3, 0.4) is 0 Å². The average molecular weight is 419 g/mol. The van der Waals surface area contributed by atoms with Crippen LogP contribution in [0, 0.1) is 0 Å². The summed E-state index contributed by atoms with van der Waals surface area (Å²) in [5, 5.41) is 6.35. The summed E-state index contributed by atoms with van der Waals surface area (Å²) in [7, 11) is 0. The van der Waals surface area contributed by atoms with Gasteiger partial charge in [-0.1, -0.05) is 13.3 Å². The molecule has 3 rings (SSSR count). The number of rotatable bonds is 8. The van der Waals surface area contributed by atoms with Gasteiger partial charge in [0.1, 0.15) is 5.75 Å². The summed E-state index contributed by atoms with van der Waals surface area (Å²) in [5.74, 6) is 0.195. The molecular formula is C22H34N4O4. The number of piperidine rings is 1. The smallest absolute Gasteiger partial charge is 0.344 e. The lowest BCUT2D eigenvalue weighted by Gasteiger charge is -2.40. The SMILES string of the molecule is CCCCOC(=O)COc1ccc(NC(=O)N2CCN(C3CCNCC3)CC2)cc1. The lowest BCUT2D eigenvalue weighted by Crippen LogP contribution is -2.54. The summed E-state index contributed by atoms with van der Waals surface area (Å²) in [4.78, 5) is 28.5. The van der Waals surface area contributed by atoms with Crippen molar-refractivity contribution in [2.75, 3.05) is 57.8 Å². The fourth-order valence-corrected chi connectivity index (χ4v) is 3.81. The fourth-order valence-electron chi connectivity index (χ4n) is 3.81. The maximum atomic E-state index is 12.6. The maximum absolute atomic E-state index is 12.6. The molecule has 2 fully saturated rings. The molecule has 2 aliphatic heterocycles. The predicted octanol–water partition coefficient (Wildman–Crippen LogP) is 2.31. The van der Waals surface area contributed by atoms with E-state index in [0.29, 0.717) is 24.1 Å². The third kappa shape index (κ3) is 6.88. The molecule has 1 aromatic carbocycles. The van der Waals surface area contributed by atoms with Gasteiger partial charge in [-0.05, 0) is 56.6 Å². The van der Waals surface area contributed by atoms with Crippen molar-refractivity contribution in [1.82, 2.24) is 15.1 Å². The monoisotopic (exact) mass is 418 g/mol. The highest BCUT2D eigenvalue weighted by Gasteiger charge is 2.26. The van der Waals surface area contributed by atoms with Gasteiger partial charge in [-0.2, -0.15) is 0 Å². The van der Waals surface area contributed by atoms with Gasteiger partial charge in [0, 0.05) is 37.9 Å². The summed E-state index contributed by atoms with van der Waals surface area (Å²) in [6, 6.07) is 7.61. The number of anilines is 1. The fraction of sp³-hybridized carbons (Fsp3) is 0.636. The van der Waals surface area contributed by atoms with E-state index in [-0.39, 0.29) is 18.6 Å². The number of hydrogen-bond acceptors (Lipinski definition) is 6. The molecule has 8 heteroatoms. The molecule has 0 bridgehead atoms. The minimum absolute atomic E-state index is 0.0758. The second kappa shape index (κ2) is 11.8. The average Bonchev–Trinajstić information content (AvgIpc) is 2.79. The van der Waals surface area contributed by atoms with Gasteiger partial charge in [0.15, 0.2) is 6.61 Å². The number of carbonyl (C=O) groups is 2. The van der Waals surface area contributed by atoms with E-state index in [2.05, 4.69) is 15.5 Å². The number of benzene rings is 1. The molecule has 0 spiro atoms. The number of unbranched alkanes of at least 4 members (excludes halogenated alkanes) is 1. The molecule has 0 saturated carbocycles. The van der Waals surface area contributed by atoms with E-state index < -0.39 is 0 Å². The quantitative estimate of drug-likeness (QED) is 0.498. The molecule has 0 aliphatic carbocycles. The first kappa shape index (κ1) is 22.4. The largest absolute Gasteiger partial charge is 0.482 e. The Kier molecular flexibility index (Phi) is 8.77. The standard InChI is InChI=1S/C22H34N4O4/c1-2-3-16-29-21(27)17-30-20-6-4-18(5-7-20)24-22(28)26-14-12-25(13-15-26)19-8-10-23-11-9-19/h4-7,19,23H,2-3,8-17H2,1H3,(H,24,28). The van der Waals surface area contributed by atoms with Crippen molar-refractivity contribution in [1.29, 1.82) is 0 Å². The number of urea groups is 1. The molecule has 2 N–H and O–H groups in total. The highest BCUT2D eigenvalue weighted by molar-refractivity contribution is 5.89. The molecule has 0 unspecified atom stereocenters. The Labute approximate surface area is 178 Å². The van der Waals surface area contributed by atoms with Crippen LogP contribution >= 0.6 is 0 Å². The molecule has 0 atom stereocenters. The summed E-state index contributed by atoms with van der Waals surface area (Å²) < 4.78 is 10.5. The Hall–Kier alpha value is -2.32. The molecule has 0 aromatic heterocycles. The van der Waals surface area contributed by atoms with E-state index in [1.807, 2.05) is 11.8 Å². The Bertz CT molecular complexity index is 668. The van der Waals surface area contributed by atoms with Gasteiger partial charge < -0.3 is 25.0 Å². The van der Waals surface area contributed by atoms with Crippen LogP contribution < -0.4 is 15.4 Å². The Morgan fingerprint density at radius 2 is 1.80 bits per heavy atom. The van der Waals surface area contributed by atoms with Crippen molar-refractivity contribution < 1.29 is 19.1 Å². The number of hydrogen-bond donors (Lipinski definition) is 2. The molecule has 2 heterocycles. The van der Waals surface area contributed by atoms with Gasteiger partial charge in [0.2, 0.25) is 0 Å². The van der Waals surface area contributed by atoms with E-state index in [1.165, 1.54) is 12.8 Å². The summed E-state index contributed by atoms with van der Waals surface area (Å²) in [5.41, 5.74) is 0.707. The van der Waals surface area contributed by atoms with Crippen molar-refractivity contribution in [2.45, 2.75) is 38.6 Å². The highest BCUT2D eigenvalue weighted by atomic mass is 16.6. The summed E-state index contributed by atoms with van der Waals surface area (Å²) >= 11 is 0. The zero-order valence-electron chi connectivity index (χ0n) is 17.9. The molecule has 1 aromatic rings. The number of nitrogens with zero attached hydrogens (tertiary/aromatic N) is 2. The van der Waals surface area contributed by atoms with Crippen LogP contribution in [0.15, 0.2) is 24.3 Å². The van der Waals surface area contributed by atoms with Crippen LogP contribution in [-0.2, 0) is 9.53 Å². The van der Waals surface area contributed by atoms with Crippen LogP contribution in [0.2, 0.25) is 0 Å². The van der Waals surface area contributed by atoms with Crippen LogP contribution in [-0.4, -0.2) is 80.3 Å². The van der Waals surface area contributed by atoms with Crippen molar-refractivity contribution >= 4 is 17.7 Å². The highest BCUT2D eigenvalue weighted by Crippen LogP contribution is 2.18. The molecule has 30 heavy (non-hydrogen) atoms. The number of nitrogens with one attached hydrogen (secondary N) is 2. The zero-order valence-corrected chi connectivity index (χ0v) is 17.9. The topological polar surface area (TPSA) is 83.1 Å². The van der Waals surface area contributed by atoms with Gasteiger partial charge in [-0.15, -0.1) is 0 Å². The van der Waals surface area contributed by atoms with Crippen molar-refractivity contribution in [3.05, 3.63) is 24.3 Å². The van der Waals surface area contributed by atoms with Gasteiger partial charge in [0.25, 0.3) is 0 Å². The maximum Gasteiger partial charge on any atom is 0.344 e. The van der Waals surface area contributed by atoms with Crippen molar-refractivity contribution in [2.24, 2.45) is 0 Å². The second-order valence-electron chi connectivity index (χ2n) is 7.82. The molecular weight excluding hydrogens is 384 g/mol. The molecule has 2 amide bonds. The normalized spacial score (nSPS) is 18.1. The lowest BCUT2D eigenvalue weighted by atomic mass is 10.0. The van der Waals surface area contributed by atoms with Crippen molar-refractivity contribution in [3.63, 3.8) is 0 Å². The van der Waals surface area contributed by atoms with Crippen LogP contribution in [0.4, 0.5) is 10.5 Å². The third-order valence-corrected chi connectivity index (χ3v) is 5.65. The first-order valence-electron chi connectivity index (χ1n) is 11.0. The van der Waals surface area contributed by atoms with Crippen molar-refractivity contribution in [3.8, 4) is 5.75 Å². The third-order valence-electron chi connectivity index (χ3n) is 5.65. The lowest BCUT2D eigenvalue weighted by molar-refractivity contribution is -0.146. The molecule has 166 valence electrons. The zero-order chi connectivity index (χ0) is 21.2. The number of piperazine rings is 1. The molecule has 0 radical (unpaired) electrons. The van der Waals surface area contributed by atoms with E-state index >= 15 is 0 Å². The Morgan fingerprint density at radius 3 is 2.47 bits per heavy atom. The first-order valence-corrected chi connectivity index (χ1v) is 11.0. The minimum atomic E-state index is -0.371. The van der Waals surface area contributed by atoms with Gasteiger partial charge in [0.05, 0.1) is 6.61 Å². The number of ether oxygens (including phenoxy) is 2. The summed E-state index contributed by atoms with van der Waals surface area (Å²) in [6.45, 7) is 7.88. The van der Waals surface area contributed by atoms with Gasteiger partial charge in [-0.3, -0.25) is 4.90 Å². The van der Waals surface area contributed by atoms with Crippen LogP contribution in [0.5, 0.6) is 5.75 Å². The number of esters is 1. The van der Waals surface area contributed by atoms with Crippen LogP contribution in [0.25, 0.3) is 0 Å². The summed E-state index contributed by atoms with van der Waals surface area (Å²) in [6.07, 6.45) is 4.22. The van der Waals surface area contributed by atoms with E-state index in [9.17, 15) is 9.59 Å². The molecule has 2 aliphatic rings. The van der Waals surface area contributed by atoms with E-state index in [1.54, 1.807) is 24.3 Å². The van der Waals surface area contributed by atoms with Gasteiger partial charge >= 0.3 is 12.0 Å². The molecule has 2 saturated heterocycles. The molecule has 8 nitrogen and oxygen atoms in total. The number of carbonyl (C=O) groups excluding carboxylic acids is 2. The van der Waals surface area contributed by atoms with E-state index in [0.717, 1.165) is 52.1 Å². The second-order valence-corrected chi connectivity index (χ2v) is 7.82. The Balaban J connectivity index is 1.37. The van der Waals surface area contributed by atoms with Gasteiger partial charge in [-0.25, -0.2) is 9.59 Å². The number of amides is 2. The van der Waals surface area contributed by atoms with Crippen LogP contribution in [0.1, 0.15) is 32.6 Å². The minimum Gasteiger partial charge on any atom is -0.482 e. The first-order chi connectivity index (χ1) is 14.7. The van der Waals surface area contributed by atoms with E-state index in [4.69, 9.17) is 9.47 Å².